The molecule has 0 aliphatic rings. The Balaban J connectivity index is 2.94. The van der Waals surface area contributed by atoms with E-state index in [0.29, 0.717) is 0 Å². The van der Waals surface area contributed by atoms with Crippen molar-refractivity contribution < 1.29 is 4.48 Å². The molecule has 1 N–H and O–H groups in total. The van der Waals surface area contributed by atoms with E-state index in [2.05, 4.69) is 4.98 Å². The van der Waals surface area contributed by atoms with Crippen LogP contribution in [0.25, 0.3) is 0 Å². The highest BCUT2D eigenvalue weighted by Gasteiger charge is 1.90. The summed E-state index contributed by atoms with van der Waals surface area (Å²) in [6, 6.07) is 4.66. The minimum Gasteiger partial charge on any atom is -0.217 e. The number of nitrogens with zero attached hydrogens (tertiary/aromatic N) is 1. The first-order valence-electron chi connectivity index (χ1n) is 2.32. The summed E-state index contributed by atoms with van der Waals surface area (Å²) in [6.45, 7) is 0. The Morgan fingerprint density at radius 3 is 2.78 bits per heavy atom. The number of hydrogen-bond donors (Lipinski definition) is 1. The SMILES string of the molecule is FNc1cccc(Cl)n1. The van der Waals surface area contributed by atoms with E-state index in [-0.39, 0.29) is 11.0 Å². The summed E-state index contributed by atoms with van der Waals surface area (Å²) in [4.78, 5) is 3.57. The largest absolute Gasteiger partial charge is 0.217 e. The fourth-order valence-electron chi connectivity index (χ4n) is 0.461. The van der Waals surface area contributed by atoms with E-state index in [4.69, 9.17) is 11.6 Å². The highest BCUT2D eigenvalue weighted by Crippen LogP contribution is 2.08. The third kappa shape index (κ3) is 1.54. The van der Waals surface area contributed by atoms with Crippen LogP contribution >= 0.6 is 11.6 Å². The van der Waals surface area contributed by atoms with Crippen LogP contribution in [0.3, 0.4) is 0 Å². The number of nitrogens with one attached hydrogen (secondary N) is 1. The number of halogens is 2. The molecule has 0 aliphatic carbocycles. The number of pyridine rings is 1. The van der Waals surface area contributed by atoms with Crippen molar-refractivity contribution >= 4 is 17.4 Å². The third-order valence-corrected chi connectivity index (χ3v) is 1.02. The Kier molecular flexibility index (Phi) is 1.85. The summed E-state index contributed by atoms with van der Waals surface area (Å²) >= 11 is 5.41. The predicted molar refractivity (Wildman–Crippen MR) is 34.0 cm³/mol. The molecule has 0 fully saturated rings. The molecular weight excluding hydrogens is 143 g/mol. The second kappa shape index (κ2) is 2.64. The fourth-order valence-corrected chi connectivity index (χ4v) is 0.625. The zero-order valence-corrected chi connectivity index (χ0v) is 5.19. The van der Waals surface area contributed by atoms with Gasteiger partial charge in [-0.25, -0.2) is 10.5 Å². The van der Waals surface area contributed by atoms with Gasteiger partial charge in [-0.05, 0) is 12.1 Å². The predicted octanol–water partition coefficient (Wildman–Crippen LogP) is 2.03. The summed E-state index contributed by atoms with van der Waals surface area (Å²) in [5.41, 5.74) is 1.37. The lowest BCUT2D eigenvalue weighted by Crippen LogP contribution is -1.84. The molecule has 0 atom stereocenters. The minimum absolute atomic E-state index is 0.127. The molecule has 1 rings (SSSR count). The quantitative estimate of drug-likeness (QED) is 0.485. The molecule has 0 aromatic carbocycles. The van der Waals surface area contributed by atoms with Gasteiger partial charge in [-0.1, -0.05) is 17.7 Å². The van der Waals surface area contributed by atoms with Crippen LogP contribution in [-0.2, 0) is 0 Å². The Bertz CT molecular complexity index is 204. The lowest BCUT2D eigenvalue weighted by Gasteiger charge is -1.92. The Hall–Kier alpha value is -0.830. The first-order valence-corrected chi connectivity index (χ1v) is 2.70. The molecule has 0 bridgehead atoms. The molecule has 48 valence electrons. The summed E-state index contributed by atoms with van der Waals surface area (Å²) < 4.78 is 11.5. The van der Waals surface area contributed by atoms with Crippen molar-refractivity contribution in [2.45, 2.75) is 0 Å². The molecule has 1 aromatic rings. The molecule has 0 unspecified atom stereocenters. The Morgan fingerprint density at radius 1 is 1.56 bits per heavy atom. The topological polar surface area (TPSA) is 24.9 Å². The maximum atomic E-state index is 11.5. The van der Waals surface area contributed by atoms with Crippen LogP contribution in [0.15, 0.2) is 18.2 Å². The average Bonchev–Trinajstić information content (AvgIpc) is 1.88. The van der Waals surface area contributed by atoms with Crippen molar-refractivity contribution in [3.8, 4) is 0 Å². The normalized spacial score (nSPS) is 9.11. The highest BCUT2D eigenvalue weighted by molar-refractivity contribution is 6.29. The van der Waals surface area contributed by atoms with Crippen molar-refractivity contribution in [3.63, 3.8) is 0 Å². The molecule has 2 nitrogen and oxygen atoms in total. The van der Waals surface area contributed by atoms with Gasteiger partial charge >= 0.3 is 0 Å². The summed E-state index contributed by atoms with van der Waals surface area (Å²) in [7, 11) is 0. The van der Waals surface area contributed by atoms with E-state index >= 15 is 0 Å². The van der Waals surface area contributed by atoms with Gasteiger partial charge in [0.15, 0.2) is 5.82 Å². The van der Waals surface area contributed by atoms with Crippen molar-refractivity contribution in [2.75, 3.05) is 5.54 Å². The van der Waals surface area contributed by atoms with E-state index in [1.165, 1.54) is 11.6 Å². The van der Waals surface area contributed by atoms with Gasteiger partial charge in [-0.15, -0.1) is 4.48 Å². The van der Waals surface area contributed by atoms with Gasteiger partial charge in [0.05, 0.1) is 0 Å². The van der Waals surface area contributed by atoms with Gasteiger partial charge in [0.2, 0.25) is 0 Å². The second-order valence-corrected chi connectivity index (χ2v) is 1.83. The van der Waals surface area contributed by atoms with Crippen LogP contribution < -0.4 is 5.54 Å². The molecule has 0 spiro atoms. The molecule has 1 aromatic heterocycles. The standard InChI is InChI=1S/C5H4ClFN2/c6-4-2-1-3-5(8-4)9-7/h1-3H,(H,8,9). The molecule has 0 amide bonds. The highest BCUT2D eigenvalue weighted by atomic mass is 35.5. The molecule has 0 saturated carbocycles. The maximum absolute atomic E-state index is 11.5. The second-order valence-electron chi connectivity index (χ2n) is 1.44. The molecule has 0 saturated heterocycles. The van der Waals surface area contributed by atoms with E-state index < -0.39 is 0 Å². The van der Waals surface area contributed by atoms with Gasteiger partial charge in [0.1, 0.15) is 5.15 Å². The van der Waals surface area contributed by atoms with Gasteiger partial charge < -0.3 is 0 Å². The van der Waals surface area contributed by atoms with Crippen molar-refractivity contribution in [1.82, 2.24) is 4.98 Å². The number of aromatic nitrogens is 1. The number of hydrogen-bond acceptors (Lipinski definition) is 2. The number of rotatable bonds is 1. The third-order valence-electron chi connectivity index (χ3n) is 0.812. The van der Waals surface area contributed by atoms with Crippen LogP contribution in [0, 0.1) is 0 Å². The lowest BCUT2D eigenvalue weighted by atomic mass is 10.5. The average molecular weight is 147 g/mol. The molecule has 4 heteroatoms. The van der Waals surface area contributed by atoms with Gasteiger partial charge in [-0.2, -0.15) is 0 Å². The first-order chi connectivity index (χ1) is 4.33. The van der Waals surface area contributed by atoms with Crippen LogP contribution in [0.4, 0.5) is 10.3 Å². The van der Waals surface area contributed by atoms with Crippen LogP contribution in [0.1, 0.15) is 0 Å². The Labute approximate surface area is 56.6 Å². The van der Waals surface area contributed by atoms with E-state index in [9.17, 15) is 4.48 Å². The summed E-state index contributed by atoms with van der Waals surface area (Å²) in [6.07, 6.45) is 0. The molecule has 9 heavy (non-hydrogen) atoms. The zero-order chi connectivity index (χ0) is 6.69. The summed E-state index contributed by atoms with van der Waals surface area (Å²) in [5, 5.41) is 0.276. The zero-order valence-electron chi connectivity index (χ0n) is 4.44. The number of anilines is 1. The van der Waals surface area contributed by atoms with Crippen LogP contribution in [-0.4, -0.2) is 4.98 Å². The van der Waals surface area contributed by atoms with E-state index in [1.807, 2.05) is 0 Å². The Morgan fingerprint density at radius 2 is 2.33 bits per heavy atom. The maximum Gasteiger partial charge on any atom is 0.156 e. The van der Waals surface area contributed by atoms with Gasteiger partial charge in [0.25, 0.3) is 0 Å². The van der Waals surface area contributed by atoms with E-state index in [1.54, 1.807) is 12.1 Å². The van der Waals surface area contributed by atoms with Gasteiger partial charge in [0, 0.05) is 0 Å². The monoisotopic (exact) mass is 146 g/mol. The molecule has 1 heterocycles. The molecule has 0 aliphatic heterocycles. The van der Waals surface area contributed by atoms with Crippen LogP contribution in [0.5, 0.6) is 0 Å². The van der Waals surface area contributed by atoms with Crippen molar-refractivity contribution in [3.05, 3.63) is 23.4 Å². The van der Waals surface area contributed by atoms with E-state index in [0.717, 1.165) is 0 Å². The smallest absolute Gasteiger partial charge is 0.156 e. The first kappa shape index (κ1) is 6.29. The van der Waals surface area contributed by atoms with Crippen LogP contribution in [0.2, 0.25) is 5.15 Å². The van der Waals surface area contributed by atoms with Crippen molar-refractivity contribution in [2.24, 2.45) is 0 Å². The minimum atomic E-state index is 0.127. The fraction of sp³-hybridized carbons (Fsp3) is 0. The molecular formula is C5H4ClFN2. The van der Waals surface area contributed by atoms with Gasteiger partial charge in [-0.3, -0.25) is 0 Å². The lowest BCUT2D eigenvalue weighted by molar-refractivity contribution is 0.612. The molecule has 0 radical (unpaired) electrons. The summed E-state index contributed by atoms with van der Waals surface area (Å²) in [5.74, 6) is 0.127. The van der Waals surface area contributed by atoms with Crippen molar-refractivity contribution in [1.29, 1.82) is 0 Å².